The third-order valence-electron chi connectivity index (χ3n) is 0.846. The number of hydrogen-bond acceptors (Lipinski definition) is 2. The van der Waals surface area contributed by atoms with Crippen molar-refractivity contribution < 1.29 is 22.0 Å². The zero-order valence-corrected chi connectivity index (χ0v) is 5.83. The van der Waals surface area contributed by atoms with E-state index in [0.717, 1.165) is 26.3 Å². The van der Waals surface area contributed by atoms with Crippen LogP contribution in [0.3, 0.4) is 0 Å². The molecule has 2 nitrogen and oxygen atoms in total. The highest BCUT2D eigenvalue weighted by molar-refractivity contribution is 6.50. The predicted molar refractivity (Wildman–Crippen MR) is 33.9 cm³/mol. The van der Waals surface area contributed by atoms with Gasteiger partial charge < -0.3 is 27.3 Å². The van der Waals surface area contributed by atoms with Crippen molar-refractivity contribution in [3.05, 3.63) is 0 Å². The van der Waals surface area contributed by atoms with E-state index in [1.807, 2.05) is 0 Å². The van der Waals surface area contributed by atoms with Gasteiger partial charge >= 0.3 is 7.25 Å². The van der Waals surface area contributed by atoms with Crippen LogP contribution in [0.15, 0.2) is 0 Å². The fourth-order valence-electron chi connectivity index (χ4n) is 0.516. The molecule has 0 aromatic heterocycles. The Morgan fingerprint density at radius 1 is 1.00 bits per heavy atom. The van der Waals surface area contributed by atoms with E-state index >= 15 is 0 Å². The highest BCUT2D eigenvalue weighted by Gasteiger charge is 2.20. The van der Waals surface area contributed by atoms with E-state index in [2.05, 4.69) is 5.32 Å². The molecule has 1 fully saturated rings. The van der Waals surface area contributed by atoms with Crippen molar-refractivity contribution in [3.8, 4) is 0 Å². The SMILES string of the molecule is C1COCCN1.F[B-](F)(F)F. The lowest BCUT2D eigenvalue weighted by Gasteiger charge is -2.10. The second-order valence-corrected chi connectivity index (χ2v) is 1.86. The molecule has 0 atom stereocenters. The molecular weight excluding hydrogens is 165 g/mol. The Hall–Kier alpha value is -0.295. The first-order valence-corrected chi connectivity index (χ1v) is 3.16. The molecule has 0 unspecified atom stereocenters. The Bertz CT molecular complexity index is 77.1. The molecule has 0 spiro atoms. The van der Waals surface area contributed by atoms with Gasteiger partial charge in [-0.2, -0.15) is 0 Å². The molecule has 0 aromatic rings. The summed E-state index contributed by atoms with van der Waals surface area (Å²) in [6.07, 6.45) is 0. The molecule has 0 aliphatic carbocycles. The minimum absolute atomic E-state index is 0.889. The lowest BCUT2D eigenvalue weighted by molar-refractivity contribution is 0.109. The fourth-order valence-corrected chi connectivity index (χ4v) is 0.516. The monoisotopic (exact) mass is 174 g/mol. The van der Waals surface area contributed by atoms with E-state index in [4.69, 9.17) is 4.74 Å². The summed E-state index contributed by atoms with van der Waals surface area (Å²) in [5.41, 5.74) is 0. The number of morpholine rings is 1. The maximum absolute atomic E-state index is 9.75. The first-order valence-electron chi connectivity index (χ1n) is 3.16. The molecule has 7 heteroatoms. The fraction of sp³-hybridized carbons (Fsp3) is 1.00. The minimum atomic E-state index is -6.00. The van der Waals surface area contributed by atoms with Crippen LogP contribution in [0.1, 0.15) is 0 Å². The van der Waals surface area contributed by atoms with Gasteiger partial charge in [-0.25, -0.2) is 0 Å². The molecule has 68 valence electrons. The van der Waals surface area contributed by atoms with Gasteiger partial charge in [-0.15, -0.1) is 0 Å². The van der Waals surface area contributed by atoms with Crippen LogP contribution < -0.4 is 5.32 Å². The van der Waals surface area contributed by atoms with E-state index in [1.165, 1.54) is 0 Å². The molecule has 0 bridgehead atoms. The summed E-state index contributed by atoms with van der Waals surface area (Å²) >= 11 is 0. The Labute approximate surface area is 62.0 Å². The van der Waals surface area contributed by atoms with Crippen LogP contribution in [0, 0.1) is 0 Å². The lowest BCUT2D eigenvalue weighted by atomic mass is 10.3. The summed E-state index contributed by atoms with van der Waals surface area (Å²) in [6.45, 7) is 3.83. The summed E-state index contributed by atoms with van der Waals surface area (Å²) < 4.78 is 44.0. The number of nitrogens with one attached hydrogen (secondary N) is 1. The topological polar surface area (TPSA) is 21.3 Å². The van der Waals surface area contributed by atoms with Gasteiger partial charge in [0.25, 0.3) is 0 Å². The summed E-state index contributed by atoms with van der Waals surface area (Å²) in [6, 6.07) is 0. The Morgan fingerprint density at radius 2 is 1.36 bits per heavy atom. The number of ether oxygens (including phenoxy) is 1. The predicted octanol–water partition coefficient (Wildman–Crippen LogP) is 0.906. The van der Waals surface area contributed by atoms with Gasteiger partial charge in [0.05, 0.1) is 13.2 Å². The van der Waals surface area contributed by atoms with Crippen molar-refractivity contribution in [2.45, 2.75) is 0 Å². The average Bonchev–Trinajstić information content (AvgIpc) is 1.88. The zero-order chi connectivity index (χ0) is 8.74. The van der Waals surface area contributed by atoms with Crippen molar-refractivity contribution in [2.75, 3.05) is 26.3 Å². The third-order valence-corrected chi connectivity index (χ3v) is 0.846. The third kappa shape index (κ3) is 17.7. The van der Waals surface area contributed by atoms with Crippen LogP contribution in [0.25, 0.3) is 0 Å². The van der Waals surface area contributed by atoms with Crippen LogP contribution in [0.4, 0.5) is 17.3 Å². The molecule has 11 heavy (non-hydrogen) atoms. The molecule has 1 aliphatic heterocycles. The van der Waals surface area contributed by atoms with Gasteiger partial charge in [-0.05, 0) is 0 Å². The van der Waals surface area contributed by atoms with Crippen molar-refractivity contribution in [3.63, 3.8) is 0 Å². The van der Waals surface area contributed by atoms with Gasteiger partial charge in [0.15, 0.2) is 0 Å². The quantitative estimate of drug-likeness (QED) is 0.435. The Balaban J connectivity index is 0.000000187. The highest BCUT2D eigenvalue weighted by Crippen LogP contribution is 2.06. The minimum Gasteiger partial charge on any atom is -0.418 e. The van der Waals surface area contributed by atoms with E-state index in [-0.39, 0.29) is 0 Å². The maximum Gasteiger partial charge on any atom is 0.673 e. The van der Waals surface area contributed by atoms with Crippen molar-refractivity contribution in [1.82, 2.24) is 5.32 Å². The van der Waals surface area contributed by atoms with Gasteiger partial charge in [0, 0.05) is 13.1 Å². The van der Waals surface area contributed by atoms with Crippen LogP contribution >= 0.6 is 0 Å². The number of hydrogen-bond donors (Lipinski definition) is 1. The zero-order valence-electron chi connectivity index (χ0n) is 5.83. The van der Waals surface area contributed by atoms with Crippen LogP contribution in [0.2, 0.25) is 0 Å². The molecule has 0 saturated carbocycles. The summed E-state index contributed by atoms with van der Waals surface area (Å²) in [5.74, 6) is 0. The first-order chi connectivity index (χ1) is 5.00. The summed E-state index contributed by atoms with van der Waals surface area (Å²) in [4.78, 5) is 0. The molecule has 0 radical (unpaired) electrons. The number of halogens is 4. The second-order valence-electron chi connectivity index (χ2n) is 1.86. The molecule has 0 aromatic carbocycles. The standard InChI is InChI=1S/C4H9NO.BF4/c1-3-6-4-2-5-1;2-1(3,4)5/h5H,1-4H2;/q;-1. The second kappa shape index (κ2) is 5.37. The Morgan fingerprint density at radius 3 is 1.45 bits per heavy atom. The van der Waals surface area contributed by atoms with Crippen LogP contribution in [-0.2, 0) is 4.74 Å². The van der Waals surface area contributed by atoms with Gasteiger partial charge in [-0.1, -0.05) is 0 Å². The first kappa shape index (κ1) is 10.7. The van der Waals surface area contributed by atoms with Crippen molar-refractivity contribution in [1.29, 1.82) is 0 Å². The van der Waals surface area contributed by atoms with E-state index in [9.17, 15) is 17.3 Å². The maximum atomic E-state index is 9.75. The average molecular weight is 174 g/mol. The molecule has 1 rings (SSSR count). The molecule has 1 heterocycles. The van der Waals surface area contributed by atoms with Crippen molar-refractivity contribution >= 4 is 7.25 Å². The summed E-state index contributed by atoms with van der Waals surface area (Å²) in [5, 5.41) is 3.16. The normalized spacial score (nSPS) is 18.5. The molecule has 1 N–H and O–H groups in total. The number of rotatable bonds is 0. The van der Waals surface area contributed by atoms with Crippen LogP contribution in [0.5, 0.6) is 0 Å². The van der Waals surface area contributed by atoms with E-state index in [1.54, 1.807) is 0 Å². The summed E-state index contributed by atoms with van der Waals surface area (Å²) in [7, 11) is -6.00. The molecular formula is C4H9BF4NO-. The van der Waals surface area contributed by atoms with Gasteiger partial charge in [-0.3, -0.25) is 0 Å². The lowest BCUT2D eigenvalue weighted by Crippen LogP contribution is -2.30. The van der Waals surface area contributed by atoms with E-state index < -0.39 is 7.25 Å². The van der Waals surface area contributed by atoms with Gasteiger partial charge in [0.1, 0.15) is 0 Å². The van der Waals surface area contributed by atoms with Crippen LogP contribution in [-0.4, -0.2) is 33.6 Å². The molecule has 1 saturated heterocycles. The van der Waals surface area contributed by atoms with E-state index in [0.29, 0.717) is 0 Å². The highest BCUT2D eigenvalue weighted by atomic mass is 19.5. The smallest absolute Gasteiger partial charge is 0.418 e. The molecule has 0 amide bonds. The molecule has 1 aliphatic rings. The van der Waals surface area contributed by atoms with Gasteiger partial charge in [0.2, 0.25) is 0 Å². The van der Waals surface area contributed by atoms with Crippen molar-refractivity contribution in [2.24, 2.45) is 0 Å². The Kier molecular flexibility index (Phi) is 5.22. The largest absolute Gasteiger partial charge is 0.673 e.